The molecule has 92 valence electrons. The fraction of sp³-hybridized carbons (Fsp3) is 1.00. The molecule has 0 saturated carbocycles. The molecule has 0 aromatic heterocycles. The van der Waals surface area contributed by atoms with Crippen LogP contribution in [0, 0.1) is 0 Å². The number of thioether (sulfide) groups is 4. The molecule has 0 nitrogen and oxygen atoms in total. The van der Waals surface area contributed by atoms with E-state index in [0.717, 1.165) is 19.0 Å². The second-order valence-electron chi connectivity index (χ2n) is 4.50. The van der Waals surface area contributed by atoms with Gasteiger partial charge in [0.25, 0.3) is 0 Å². The Hall–Kier alpha value is 2.19. The van der Waals surface area contributed by atoms with Gasteiger partial charge < -0.3 is 0 Å². The molecule has 0 radical (unpaired) electrons. The van der Waals surface area contributed by atoms with Crippen molar-refractivity contribution >= 4 is 68.0 Å². The van der Waals surface area contributed by atoms with Crippen LogP contribution in [-0.4, -0.2) is 63.0 Å². The Morgan fingerprint density at radius 1 is 1.06 bits per heavy atom. The van der Waals surface area contributed by atoms with E-state index in [1.54, 1.807) is 10.9 Å². The average Bonchev–Trinajstić information content (AvgIpc) is 3.17. The van der Waals surface area contributed by atoms with Gasteiger partial charge in [-0.1, -0.05) is 0 Å². The van der Waals surface area contributed by atoms with Gasteiger partial charge in [0.2, 0.25) is 0 Å². The van der Waals surface area contributed by atoms with Gasteiger partial charge >= 0.3 is 127 Å². The zero-order chi connectivity index (χ0) is 10.8. The summed E-state index contributed by atoms with van der Waals surface area (Å²) in [6, 6.07) is 0. The van der Waals surface area contributed by atoms with Gasteiger partial charge in [0.1, 0.15) is 0 Å². The van der Waals surface area contributed by atoms with Crippen LogP contribution >= 0.6 is 47.0 Å². The Morgan fingerprint density at radius 3 is 2.44 bits per heavy atom. The molecule has 3 aliphatic heterocycles. The molecule has 3 rings (SSSR count). The van der Waals surface area contributed by atoms with Gasteiger partial charge in [-0.15, -0.1) is 0 Å². The van der Waals surface area contributed by atoms with E-state index in [1.807, 2.05) is 0 Å². The van der Waals surface area contributed by atoms with Crippen molar-refractivity contribution in [2.24, 2.45) is 0 Å². The molecule has 0 spiro atoms. The third kappa shape index (κ3) is 4.38. The number of hydrogen-bond donors (Lipinski definition) is 0. The predicted molar refractivity (Wildman–Crippen MR) is 84.8 cm³/mol. The molecule has 16 heavy (non-hydrogen) atoms. The summed E-state index contributed by atoms with van der Waals surface area (Å²) in [6.45, 7) is 0. The molecule has 0 aromatic rings. The fourth-order valence-corrected chi connectivity index (χ4v) is 12.3. The minimum atomic E-state index is 0.341. The predicted octanol–water partition coefficient (Wildman–Crippen LogP) is 3.29. The van der Waals surface area contributed by atoms with Crippen molar-refractivity contribution in [3.63, 3.8) is 0 Å². The van der Waals surface area contributed by atoms with Crippen molar-refractivity contribution in [3.8, 4) is 0 Å². The van der Waals surface area contributed by atoms with Gasteiger partial charge in [-0.05, 0) is 0 Å². The third-order valence-electron chi connectivity index (χ3n) is 2.97. The van der Waals surface area contributed by atoms with Crippen LogP contribution in [0.4, 0.5) is 0 Å². The number of hydrogen-bond acceptors (Lipinski definition) is 4. The molecule has 0 amide bonds. The molecule has 4 unspecified atom stereocenters. The Bertz CT molecular complexity index is 206. The summed E-state index contributed by atoms with van der Waals surface area (Å²) in [7, 11) is 0. The van der Waals surface area contributed by atoms with Gasteiger partial charge in [0.05, 0.1) is 0 Å². The van der Waals surface area contributed by atoms with Gasteiger partial charge in [-0.3, -0.25) is 0 Å². The average molecular weight is 406 g/mol. The molecule has 0 aliphatic carbocycles. The first-order valence-electron chi connectivity index (χ1n) is 6.00. The van der Waals surface area contributed by atoms with Crippen LogP contribution in [0.2, 0.25) is 4.47 Å². The Kier molecular flexibility index (Phi) is 5.41. The summed E-state index contributed by atoms with van der Waals surface area (Å²) in [5.41, 5.74) is 0. The molecule has 3 saturated heterocycles. The normalized spacial score (nSPS) is 42.0. The van der Waals surface area contributed by atoms with E-state index in [-0.39, 0.29) is 0 Å². The standard InChI is InChI=1S/C11H18S4Te/c1-2-10(14-6-8-4-12-8)11(16-3-1)15-7-9-5-13-9/h8-11H,1-7H2. The maximum absolute atomic E-state index is 2.36. The van der Waals surface area contributed by atoms with E-state index in [1.165, 1.54) is 29.4 Å². The van der Waals surface area contributed by atoms with Crippen LogP contribution in [0.5, 0.6) is 0 Å². The van der Waals surface area contributed by atoms with Crippen molar-refractivity contribution in [3.05, 3.63) is 0 Å². The summed E-state index contributed by atoms with van der Waals surface area (Å²) >= 11 is 9.37. The van der Waals surface area contributed by atoms with E-state index < -0.39 is 0 Å². The second kappa shape index (κ2) is 6.57. The number of rotatable bonds is 6. The van der Waals surface area contributed by atoms with Crippen LogP contribution in [0.25, 0.3) is 0 Å². The molecule has 0 aromatic carbocycles. The van der Waals surface area contributed by atoms with Crippen molar-refractivity contribution in [1.29, 1.82) is 0 Å². The molecule has 3 fully saturated rings. The van der Waals surface area contributed by atoms with E-state index >= 15 is 0 Å². The zero-order valence-corrected chi connectivity index (χ0v) is 14.9. The molecule has 5 heteroatoms. The Balaban J connectivity index is 1.42. The van der Waals surface area contributed by atoms with E-state index in [9.17, 15) is 0 Å². The molecule has 4 atom stereocenters. The Labute approximate surface area is 126 Å². The van der Waals surface area contributed by atoms with Crippen LogP contribution in [-0.2, 0) is 0 Å². The first-order valence-corrected chi connectivity index (χ1v) is 13.2. The van der Waals surface area contributed by atoms with Gasteiger partial charge in [-0.2, -0.15) is 0 Å². The molecular formula is C11H18S4Te. The molecule has 3 heterocycles. The maximum atomic E-state index is 2.36. The van der Waals surface area contributed by atoms with Gasteiger partial charge in [-0.25, -0.2) is 0 Å². The van der Waals surface area contributed by atoms with Gasteiger partial charge in [0.15, 0.2) is 0 Å². The monoisotopic (exact) mass is 408 g/mol. The Morgan fingerprint density at radius 2 is 1.75 bits per heavy atom. The molecular weight excluding hydrogens is 388 g/mol. The van der Waals surface area contributed by atoms with Crippen LogP contribution in [0.1, 0.15) is 12.8 Å². The summed E-state index contributed by atoms with van der Waals surface area (Å²) in [5, 5.41) is 3.13. The second-order valence-corrected chi connectivity index (χ2v) is 14.1. The summed E-state index contributed by atoms with van der Waals surface area (Å²) in [4.78, 5) is 0. The summed E-state index contributed by atoms with van der Waals surface area (Å²) < 4.78 is 2.74. The van der Waals surface area contributed by atoms with E-state index in [0.29, 0.717) is 20.9 Å². The topological polar surface area (TPSA) is 0 Å². The quantitative estimate of drug-likeness (QED) is 0.491. The molecule has 0 N–H and O–H groups in total. The van der Waals surface area contributed by atoms with Gasteiger partial charge in [0, 0.05) is 0 Å². The van der Waals surface area contributed by atoms with Crippen molar-refractivity contribution in [2.45, 2.75) is 36.4 Å². The third-order valence-corrected chi connectivity index (χ3v) is 14.3. The van der Waals surface area contributed by atoms with Crippen molar-refractivity contribution in [1.82, 2.24) is 0 Å². The zero-order valence-electron chi connectivity index (χ0n) is 9.30. The summed E-state index contributed by atoms with van der Waals surface area (Å²) in [6.07, 6.45) is 3.08. The minimum absolute atomic E-state index is 0.341. The van der Waals surface area contributed by atoms with E-state index in [4.69, 9.17) is 0 Å². The fourth-order valence-electron chi connectivity index (χ4n) is 1.81. The van der Waals surface area contributed by atoms with Crippen LogP contribution in [0.3, 0.4) is 0 Å². The van der Waals surface area contributed by atoms with Crippen molar-refractivity contribution in [2.75, 3.05) is 23.0 Å². The van der Waals surface area contributed by atoms with E-state index in [2.05, 4.69) is 47.0 Å². The first-order chi connectivity index (χ1) is 7.92. The van der Waals surface area contributed by atoms with Crippen LogP contribution < -0.4 is 0 Å². The summed E-state index contributed by atoms with van der Waals surface area (Å²) in [5.74, 6) is 5.83. The van der Waals surface area contributed by atoms with Crippen LogP contribution in [0.15, 0.2) is 0 Å². The first kappa shape index (κ1) is 13.2. The molecule has 3 aliphatic rings. The van der Waals surface area contributed by atoms with Crippen molar-refractivity contribution < 1.29 is 0 Å². The molecule has 0 bridgehead atoms. The SMILES string of the molecule is C1C[Te]C(SCC2CS2)C(SCC2CS2)C1.